The first kappa shape index (κ1) is 36.8. The van der Waals surface area contributed by atoms with Crippen LogP contribution < -0.4 is 19.8 Å². The highest BCUT2D eigenvalue weighted by molar-refractivity contribution is 6.36. The van der Waals surface area contributed by atoms with E-state index in [2.05, 4.69) is 5.43 Å². The Balaban J connectivity index is 1.30. The van der Waals surface area contributed by atoms with Crippen LogP contribution in [-0.2, 0) is 31.0 Å². The lowest BCUT2D eigenvalue weighted by Gasteiger charge is -2.50. The number of hydrogen-bond acceptors (Lipinski definition) is 8. The van der Waals surface area contributed by atoms with E-state index >= 15 is 4.79 Å². The molecule has 4 aliphatic rings. The lowest BCUT2D eigenvalue weighted by atomic mass is 9.49. The molecule has 2 aliphatic carbocycles. The molecule has 282 valence electrons. The molecule has 0 bridgehead atoms. The zero-order valence-corrected chi connectivity index (χ0v) is 31.7. The first-order valence-electron chi connectivity index (χ1n) is 18.4. The van der Waals surface area contributed by atoms with Crippen LogP contribution >= 0.6 is 23.2 Å². The molecule has 12 heteroatoms. The third kappa shape index (κ3) is 5.89. The molecule has 0 aromatic heterocycles. The molecule has 1 saturated carbocycles. The summed E-state index contributed by atoms with van der Waals surface area (Å²) in [5, 5.41) is 11.0. The largest absolute Gasteiger partial charge is 0.497 e. The van der Waals surface area contributed by atoms with Crippen LogP contribution in [0.4, 0.5) is 11.4 Å². The number of hydrazine groups is 1. The van der Waals surface area contributed by atoms with Crippen molar-refractivity contribution in [1.82, 2.24) is 5.01 Å². The van der Waals surface area contributed by atoms with Crippen molar-refractivity contribution in [3.63, 3.8) is 0 Å². The van der Waals surface area contributed by atoms with E-state index in [1.807, 2.05) is 61.5 Å². The van der Waals surface area contributed by atoms with Crippen molar-refractivity contribution >= 4 is 58.2 Å². The van der Waals surface area contributed by atoms with Crippen molar-refractivity contribution in [3.05, 3.63) is 129 Å². The number of halogens is 2. The third-order valence-corrected chi connectivity index (χ3v) is 12.3. The molecule has 2 heterocycles. The molecule has 6 unspecified atom stereocenters. The Morgan fingerprint density at radius 1 is 0.855 bits per heavy atom. The van der Waals surface area contributed by atoms with E-state index in [9.17, 15) is 19.5 Å². The molecule has 4 amide bonds. The summed E-state index contributed by atoms with van der Waals surface area (Å²) in [5.41, 5.74) is 5.61. The maximum atomic E-state index is 15.4. The standard InChI is InChI=1S/C43H39Cl2N3O7/c1-3-24-4-11-28(12-5-24)47-39(50)32-18-17-31-33(37(32)41(47)52)23-34-40(51)48(46-36-19-10-27(44)22-35(36)45)42(53)43(34,26-8-15-29(54-2)16-9-26)38(31)25-6-13-30(14-7-25)55-21-20-49/h4-17,19,22,32-34,37-38,46,49H,3,18,20-21,23H2,1-2H3. The number of carbonyl (C=O) groups is 4. The second-order valence-corrected chi connectivity index (χ2v) is 15.2. The Labute approximate surface area is 328 Å². The first-order chi connectivity index (χ1) is 26.6. The number of fused-ring (bicyclic) bond motifs is 4. The summed E-state index contributed by atoms with van der Waals surface area (Å²) in [6.07, 6.45) is 3.28. The Bertz CT molecular complexity index is 2210. The number of rotatable bonds is 10. The molecular formula is C43H39Cl2N3O7. The first-order valence-corrected chi connectivity index (χ1v) is 19.1. The summed E-state index contributed by atoms with van der Waals surface area (Å²) in [6.45, 7) is 1.98. The number of amides is 4. The molecule has 6 atom stereocenters. The highest BCUT2D eigenvalue weighted by Crippen LogP contribution is 2.64. The number of anilines is 2. The summed E-state index contributed by atoms with van der Waals surface area (Å²) in [6, 6.07) is 26.7. The highest BCUT2D eigenvalue weighted by Gasteiger charge is 2.70. The van der Waals surface area contributed by atoms with Gasteiger partial charge in [-0.1, -0.05) is 78.2 Å². The summed E-state index contributed by atoms with van der Waals surface area (Å²) in [4.78, 5) is 60.4. The van der Waals surface area contributed by atoms with Crippen LogP contribution in [0, 0.1) is 23.7 Å². The normalized spacial score (nSPS) is 25.7. The second kappa shape index (κ2) is 14.5. The lowest BCUT2D eigenvalue weighted by molar-refractivity contribution is -0.138. The quantitative estimate of drug-likeness (QED) is 0.129. The number of methoxy groups -OCH3 is 1. The number of ether oxygens (including phenoxy) is 2. The Morgan fingerprint density at radius 3 is 2.22 bits per heavy atom. The van der Waals surface area contributed by atoms with Gasteiger partial charge in [-0.2, -0.15) is 5.01 Å². The van der Waals surface area contributed by atoms with E-state index in [1.54, 1.807) is 43.5 Å². The zero-order chi connectivity index (χ0) is 38.6. The predicted octanol–water partition coefficient (Wildman–Crippen LogP) is 7.13. The average molecular weight is 781 g/mol. The van der Waals surface area contributed by atoms with E-state index in [0.717, 1.165) is 28.1 Å². The van der Waals surface area contributed by atoms with Gasteiger partial charge >= 0.3 is 0 Å². The van der Waals surface area contributed by atoms with Crippen molar-refractivity contribution in [2.24, 2.45) is 23.7 Å². The van der Waals surface area contributed by atoms with E-state index in [1.165, 1.54) is 11.0 Å². The molecule has 2 N–H and O–H groups in total. The van der Waals surface area contributed by atoms with Gasteiger partial charge in [0.25, 0.3) is 11.8 Å². The van der Waals surface area contributed by atoms with Crippen LogP contribution in [0.15, 0.2) is 103 Å². The van der Waals surface area contributed by atoms with Crippen LogP contribution in [-0.4, -0.2) is 54.1 Å². The molecule has 2 saturated heterocycles. The maximum absolute atomic E-state index is 15.4. The number of carbonyl (C=O) groups excluding carboxylic acids is 4. The monoisotopic (exact) mass is 779 g/mol. The van der Waals surface area contributed by atoms with Gasteiger partial charge in [0.1, 0.15) is 18.1 Å². The number of hydrogen-bond donors (Lipinski definition) is 2. The molecular weight excluding hydrogens is 741 g/mol. The smallest absolute Gasteiger partial charge is 0.260 e. The Kier molecular flexibility index (Phi) is 9.69. The average Bonchev–Trinajstić information content (AvgIpc) is 3.58. The summed E-state index contributed by atoms with van der Waals surface area (Å²) in [7, 11) is 1.56. The van der Waals surface area contributed by atoms with Gasteiger partial charge in [0.15, 0.2) is 0 Å². The van der Waals surface area contributed by atoms with E-state index in [4.69, 9.17) is 32.7 Å². The fourth-order valence-electron chi connectivity index (χ4n) is 9.27. The summed E-state index contributed by atoms with van der Waals surface area (Å²) >= 11 is 12.8. The van der Waals surface area contributed by atoms with Crippen LogP contribution in [0.2, 0.25) is 10.0 Å². The molecule has 55 heavy (non-hydrogen) atoms. The SMILES string of the molecule is CCc1ccc(N2C(=O)C3CC=C4C(CC5C(=O)N(Nc6ccc(Cl)cc6Cl)C(=O)C5(c5ccc(OC)cc5)C4c4ccc(OCCO)cc4)C3C2=O)cc1. The number of aryl methyl sites for hydroxylation is 1. The van der Waals surface area contributed by atoms with Crippen LogP contribution in [0.1, 0.15) is 42.4 Å². The van der Waals surface area contributed by atoms with E-state index in [-0.39, 0.29) is 36.5 Å². The Morgan fingerprint density at radius 2 is 1.56 bits per heavy atom. The van der Waals surface area contributed by atoms with Crippen molar-refractivity contribution in [2.45, 2.75) is 37.5 Å². The number of imide groups is 2. The third-order valence-electron chi connectivity index (χ3n) is 11.8. The van der Waals surface area contributed by atoms with Gasteiger partial charge in [-0.25, -0.2) is 0 Å². The van der Waals surface area contributed by atoms with Crippen molar-refractivity contribution in [1.29, 1.82) is 0 Å². The molecule has 0 radical (unpaired) electrons. The summed E-state index contributed by atoms with van der Waals surface area (Å²) < 4.78 is 11.2. The second-order valence-electron chi connectivity index (χ2n) is 14.4. The van der Waals surface area contributed by atoms with Crippen LogP contribution in [0.25, 0.3) is 0 Å². The number of benzene rings is 4. The fourth-order valence-corrected chi connectivity index (χ4v) is 9.72. The van der Waals surface area contributed by atoms with Crippen LogP contribution in [0.5, 0.6) is 11.5 Å². The molecule has 2 aliphatic heterocycles. The maximum Gasteiger partial charge on any atom is 0.260 e. The number of nitrogens with one attached hydrogen (secondary N) is 1. The molecule has 10 nitrogen and oxygen atoms in total. The lowest BCUT2D eigenvalue weighted by Crippen LogP contribution is -2.53. The summed E-state index contributed by atoms with van der Waals surface area (Å²) in [5.74, 6) is -4.02. The number of aliphatic hydroxyl groups is 1. The number of aliphatic hydroxyl groups excluding tert-OH is 1. The fraction of sp³-hybridized carbons (Fsp3) is 0.302. The molecule has 8 rings (SSSR count). The Hall–Kier alpha value is -5.16. The highest BCUT2D eigenvalue weighted by atomic mass is 35.5. The van der Waals surface area contributed by atoms with Crippen LogP contribution in [0.3, 0.4) is 0 Å². The van der Waals surface area contributed by atoms with Gasteiger partial charge in [-0.3, -0.25) is 29.5 Å². The molecule has 3 fully saturated rings. The van der Waals surface area contributed by atoms with E-state index < -0.39 is 46.8 Å². The number of allylic oxidation sites excluding steroid dienone is 2. The molecule has 4 aromatic rings. The zero-order valence-electron chi connectivity index (χ0n) is 30.2. The van der Waals surface area contributed by atoms with Crippen molar-refractivity contribution in [3.8, 4) is 11.5 Å². The van der Waals surface area contributed by atoms with Gasteiger partial charge in [-0.05, 0) is 96.5 Å². The van der Waals surface area contributed by atoms with Crippen molar-refractivity contribution < 1.29 is 33.8 Å². The minimum Gasteiger partial charge on any atom is -0.497 e. The number of nitrogens with zero attached hydrogens (tertiary/aromatic N) is 2. The minimum atomic E-state index is -1.49. The molecule has 0 spiro atoms. The van der Waals surface area contributed by atoms with Gasteiger partial charge in [0.05, 0.1) is 53.3 Å². The van der Waals surface area contributed by atoms with Crippen molar-refractivity contribution in [2.75, 3.05) is 30.6 Å². The van der Waals surface area contributed by atoms with Gasteiger partial charge in [0.2, 0.25) is 11.8 Å². The predicted molar refractivity (Wildman–Crippen MR) is 208 cm³/mol. The van der Waals surface area contributed by atoms with E-state index in [0.29, 0.717) is 39.9 Å². The minimum absolute atomic E-state index is 0.103. The van der Waals surface area contributed by atoms with Gasteiger partial charge in [-0.15, -0.1) is 0 Å². The topological polar surface area (TPSA) is 125 Å². The molecule has 4 aromatic carbocycles. The van der Waals surface area contributed by atoms with Gasteiger partial charge in [0, 0.05) is 10.9 Å². The van der Waals surface area contributed by atoms with Gasteiger partial charge < -0.3 is 14.6 Å².